The Morgan fingerprint density at radius 3 is 2.47 bits per heavy atom. The SMILES string of the molecule is Cc1nc(C)c(Cn2c(=O)n(Cc3cnn(C)c3)c(=O)c3cc(S(=O)(=O)CC4(CF)CC4)ccc32)s1. The number of aryl methyl sites for hydroxylation is 3. The van der Waals surface area contributed by atoms with E-state index in [1.807, 2.05) is 13.8 Å². The van der Waals surface area contributed by atoms with Crippen molar-refractivity contribution in [1.82, 2.24) is 23.9 Å². The molecule has 3 aromatic heterocycles. The van der Waals surface area contributed by atoms with E-state index in [2.05, 4.69) is 10.1 Å². The zero-order valence-corrected chi connectivity index (χ0v) is 21.8. The number of benzene rings is 1. The Balaban J connectivity index is 1.69. The molecule has 36 heavy (non-hydrogen) atoms. The second-order valence-corrected chi connectivity index (χ2v) is 12.9. The zero-order chi connectivity index (χ0) is 25.8. The van der Waals surface area contributed by atoms with Gasteiger partial charge in [-0.25, -0.2) is 18.2 Å². The molecule has 5 rings (SSSR count). The molecule has 12 heteroatoms. The molecule has 1 aliphatic rings. The minimum atomic E-state index is -3.83. The fraction of sp³-hybridized carbons (Fsp3) is 0.417. The number of nitrogens with zero attached hydrogens (tertiary/aromatic N) is 5. The third-order valence-electron chi connectivity index (χ3n) is 6.69. The summed E-state index contributed by atoms with van der Waals surface area (Å²) < 4.78 is 43.8. The Bertz CT molecular complexity index is 1710. The maximum Gasteiger partial charge on any atom is 0.332 e. The third-order valence-corrected chi connectivity index (χ3v) is 9.71. The number of hydrogen-bond donors (Lipinski definition) is 0. The van der Waals surface area contributed by atoms with Crippen LogP contribution in [0.15, 0.2) is 45.1 Å². The summed E-state index contributed by atoms with van der Waals surface area (Å²) in [6, 6.07) is 4.22. The predicted octanol–water partition coefficient (Wildman–Crippen LogP) is 2.59. The molecular formula is C24H26FN5O4S2. The molecule has 1 aromatic carbocycles. The largest absolute Gasteiger partial charge is 0.332 e. The molecule has 0 bridgehead atoms. The van der Waals surface area contributed by atoms with Crippen LogP contribution in [0, 0.1) is 19.3 Å². The van der Waals surface area contributed by atoms with E-state index in [1.54, 1.807) is 24.1 Å². The van der Waals surface area contributed by atoms with Crippen LogP contribution < -0.4 is 11.2 Å². The van der Waals surface area contributed by atoms with E-state index >= 15 is 0 Å². The zero-order valence-electron chi connectivity index (χ0n) is 20.2. The summed E-state index contributed by atoms with van der Waals surface area (Å²) >= 11 is 1.46. The van der Waals surface area contributed by atoms with Gasteiger partial charge in [0.05, 0.1) is 58.2 Å². The van der Waals surface area contributed by atoms with E-state index in [-0.39, 0.29) is 29.1 Å². The standard InChI is InChI=1S/C24H26FN5O4S2/c1-15-21(35-16(2)27-15)12-29-20-5-4-18(36(33,34)14-24(13-25)6-7-24)8-19(20)22(31)30(23(29)32)11-17-9-26-28(3)10-17/h4-5,8-10H,6-7,11-14H2,1-3H3. The first-order valence-electron chi connectivity index (χ1n) is 11.5. The molecular weight excluding hydrogens is 505 g/mol. The van der Waals surface area contributed by atoms with Gasteiger partial charge in [-0.05, 0) is 44.9 Å². The molecule has 1 aliphatic carbocycles. The fourth-order valence-electron chi connectivity index (χ4n) is 4.47. The van der Waals surface area contributed by atoms with Crippen molar-refractivity contribution in [2.45, 2.75) is 44.7 Å². The lowest BCUT2D eigenvalue weighted by atomic mass is 10.2. The van der Waals surface area contributed by atoms with Crippen molar-refractivity contribution in [2.24, 2.45) is 12.5 Å². The second kappa shape index (κ2) is 8.77. The van der Waals surface area contributed by atoms with Gasteiger partial charge in [-0.1, -0.05) is 0 Å². The highest BCUT2D eigenvalue weighted by atomic mass is 32.2. The third kappa shape index (κ3) is 4.43. The molecule has 0 saturated heterocycles. The lowest BCUT2D eigenvalue weighted by Gasteiger charge is -2.15. The number of fused-ring (bicyclic) bond motifs is 1. The second-order valence-electron chi connectivity index (χ2n) is 9.60. The number of sulfone groups is 1. The van der Waals surface area contributed by atoms with Gasteiger partial charge in [-0.3, -0.25) is 23.0 Å². The molecule has 0 unspecified atom stereocenters. The van der Waals surface area contributed by atoms with E-state index in [4.69, 9.17) is 0 Å². The Hall–Kier alpha value is -3.12. The normalized spacial score (nSPS) is 15.0. The molecule has 1 saturated carbocycles. The van der Waals surface area contributed by atoms with Crippen LogP contribution in [0.1, 0.15) is 34.0 Å². The summed E-state index contributed by atoms with van der Waals surface area (Å²) in [6.07, 6.45) is 4.34. The van der Waals surface area contributed by atoms with Crippen LogP contribution in [0.3, 0.4) is 0 Å². The molecule has 0 aliphatic heterocycles. The van der Waals surface area contributed by atoms with Gasteiger partial charge in [-0.2, -0.15) is 5.10 Å². The molecule has 9 nitrogen and oxygen atoms in total. The van der Waals surface area contributed by atoms with Crippen molar-refractivity contribution < 1.29 is 12.8 Å². The van der Waals surface area contributed by atoms with Crippen molar-refractivity contribution in [2.75, 3.05) is 12.4 Å². The number of halogens is 1. The lowest BCUT2D eigenvalue weighted by molar-refractivity contribution is 0.367. The summed E-state index contributed by atoms with van der Waals surface area (Å²) in [5.74, 6) is -0.301. The molecule has 0 spiro atoms. The number of hydrogen-bond acceptors (Lipinski definition) is 7. The molecule has 4 aromatic rings. The van der Waals surface area contributed by atoms with Crippen LogP contribution in [-0.2, 0) is 30.0 Å². The molecule has 3 heterocycles. The predicted molar refractivity (Wildman–Crippen MR) is 135 cm³/mol. The molecule has 1 fully saturated rings. The van der Waals surface area contributed by atoms with Crippen molar-refractivity contribution in [3.05, 3.63) is 72.6 Å². The Kier molecular flexibility index (Phi) is 5.98. The average Bonchev–Trinajstić information content (AvgIpc) is 3.35. The lowest BCUT2D eigenvalue weighted by Crippen LogP contribution is -2.40. The van der Waals surface area contributed by atoms with Crippen molar-refractivity contribution in [1.29, 1.82) is 0 Å². The molecule has 0 N–H and O–H groups in total. The van der Waals surface area contributed by atoms with Crippen molar-refractivity contribution in [3.63, 3.8) is 0 Å². The summed E-state index contributed by atoms with van der Waals surface area (Å²) in [5, 5.41) is 5.08. The van der Waals surface area contributed by atoms with E-state index in [0.29, 0.717) is 23.9 Å². The topological polar surface area (TPSA) is 109 Å². The monoisotopic (exact) mass is 531 g/mol. The molecule has 0 radical (unpaired) electrons. The summed E-state index contributed by atoms with van der Waals surface area (Å²) in [5.41, 5.74) is -0.127. The van der Waals surface area contributed by atoms with Crippen molar-refractivity contribution >= 4 is 32.1 Å². The van der Waals surface area contributed by atoms with Crippen LogP contribution in [0.5, 0.6) is 0 Å². The highest BCUT2D eigenvalue weighted by molar-refractivity contribution is 7.91. The van der Waals surface area contributed by atoms with E-state index < -0.39 is 33.2 Å². The van der Waals surface area contributed by atoms with E-state index in [9.17, 15) is 22.4 Å². The van der Waals surface area contributed by atoms with Gasteiger partial charge in [0.15, 0.2) is 9.84 Å². The summed E-state index contributed by atoms with van der Waals surface area (Å²) in [7, 11) is -2.09. The first-order chi connectivity index (χ1) is 17.0. The van der Waals surface area contributed by atoms with Gasteiger partial charge in [0.25, 0.3) is 5.56 Å². The Morgan fingerprint density at radius 2 is 1.89 bits per heavy atom. The van der Waals surface area contributed by atoms with Crippen LogP contribution in [0.4, 0.5) is 4.39 Å². The number of rotatable bonds is 8. The minimum absolute atomic E-state index is 0.00983. The highest BCUT2D eigenvalue weighted by Gasteiger charge is 2.46. The minimum Gasteiger partial charge on any atom is -0.288 e. The van der Waals surface area contributed by atoms with Crippen LogP contribution >= 0.6 is 11.3 Å². The average molecular weight is 532 g/mol. The first kappa shape index (κ1) is 24.6. The van der Waals surface area contributed by atoms with Crippen LogP contribution in [0.2, 0.25) is 0 Å². The number of alkyl halides is 1. The highest BCUT2D eigenvalue weighted by Crippen LogP contribution is 2.47. The van der Waals surface area contributed by atoms with Gasteiger partial charge >= 0.3 is 5.69 Å². The Morgan fingerprint density at radius 1 is 1.14 bits per heavy atom. The van der Waals surface area contributed by atoms with Gasteiger partial charge in [0.2, 0.25) is 0 Å². The first-order valence-corrected chi connectivity index (χ1v) is 14.0. The quantitative estimate of drug-likeness (QED) is 0.346. The Labute approximate surface area is 210 Å². The number of thiazole rings is 1. The van der Waals surface area contributed by atoms with Gasteiger partial charge in [0, 0.05) is 29.1 Å². The summed E-state index contributed by atoms with van der Waals surface area (Å²) in [4.78, 5) is 32.4. The molecule has 190 valence electrons. The summed E-state index contributed by atoms with van der Waals surface area (Å²) in [6.45, 7) is 3.24. The maximum absolute atomic E-state index is 13.6. The van der Waals surface area contributed by atoms with E-state index in [1.165, 1.54) is 34.1 Å². The molecule has 0 atom stereocenters. The maximum atomic E-state index is 13.6. The smallest absolute Gasteiger partial charge is 0.288 e. The van der Waals surface area contributed by atoms with Gasteiger partial charge < -0.3 is 0 Å². The van der Waals surface area contributed by atoms with Crippen molar-refractivity contribution in [3.8, 4) is 0 Å². The van der Waals surface area contributed by atoms with Gasteiger partial charge in [0.1, 0.15) is 0 Å². The van der Waals surface area contributed by atoms with Crippen LogP contribution in [-0.4, -0.2) is 44.7 Å². The van der Waals surface area contributed by atoms with Crippen LogP contribution in [0.25, 0.3) is 10.9 Å². The van der Waals surface area contributed by atoms with Gasteiger partial charge in [-0.15, -0.1) is 11.3 Å². The number of aromatic nitrogens is 5. The van der Waals surface area contributed by atoms with E-state index in [0.717, 1.165) is 20.1 Å². The molecule has 0 amide bonds. The fourth-order valence-corrected chi connectivity index (χ4v) is 7.31.